The predicted molar refractivity (Wildman–Crippen MR) is 129 cm³/mol. The van der Waals surface area contributed by atoms with Crippen molar-refractivity contribution in [3.63, 3.8) is 0 Å². The summed E-state index contributed by atoms with van der Waals surface area (Å²) in [6.45, 7) is 6.05. The van der Waals surface area contributed by atoms with Gasteiger partial charge in [0.25, 0.3) is 0 Å². The van der Waals surface area contributed by atoms with Crippen molar-refractivity contribution in [2.45, 2.75) is 44.8 Å². The highest BCUT2D eigenvalue weighted by atomic mass is 19.2. The van der Waals surface area contributed by atoms with Gasteiger partial charge in [-0.2, -0.15) is 0 Å². The van der Waals surface area contributed by atoms with E-state index in [9.17, 15) is 17.6 Å². The molecule has 0 saturated carbocycles. The maximum Gasteiger partial charge on any atom is 0.167 e. The van der Waals surface area contributed by atoms with Crippen LogP contribution in [0.2, 0.25) is 0 Å². The minimum atomic E-state index is -1.26. The van der Waals surface area contributed by atoms with E-state index in [1.54, 1.807) is 12.1 Å². The van der Waals surface area contributed by atoms with Crippen molar-refractivity contribution in [2.75, 3.05) is 13.2 Å². The summed E-state index contributed by atoms with van der Waals surface area (Å²) >= 11 is 0. The molecule has 0 bridgehead atoms. The quantitative estimate of drug-likeness (QED) is 0.294. The van der Waals surface area contributed by atoms with Crippen molar-refractivity contribution in [1.29, 1.82) is 0 Å². The minimum Gasteiger partial charge on any atom is -0.353 e. The van der Waals surface area contributed by atoms with Crippen molar-refractivity contribution in [2.24, 2.45) is 0 Å². The van der Waals surface area contributed by atoms with E-state index in [-0.39, 0.29) is 53.9 Å². The Morgan fingerprint density at radius 1 is 0.889 bits per heavy atom. The van der Waals surface area contributed by atoms with Gasteiger partial charge in [0.1, 0.15) is 5.82 Å². The highest BCUT2D eigenvalue weighted by Crippen LogP contribution is 2.36. The summed E-state index contributed by atoms with van der Waals surface area (Å²) in [4.78, 5) is 0. The monoisotopic (exact) mass is 502 g/mol. The third kappa shape index (κ3) is 5.37. The molecule has 2 atom stereocenters. The van der Waals surface area contributed by atoms with E-state index in [4.69, 9.17) is 9.47 Å². The maximum absolute atomic E-state index is 15.0. The molecule has 2 unspecified atom stereocenters. The maximum atomic E-state index is 15.0. The van der Waals surface area contributed by atoms with E-state index in [1.807, 2.05) is 6.92 Å². The van der Waals surface area contributed by atoms with Crippen LogP contribution in [-0.2, 0) is 22.3 Å². The molecule has 1 aliphatic rings. The van der Waals surface area contributed by atoms with Crippen LogP contribution in [0, 0.1) is 29.1 Å². The lowest BCUT2D eigenvalue weighted by atomic mass is 9.90. The molecule has 0 radical (unpaired) electrons. The van der Waals surface area contributed by atoms with Crippen LogP contribution in [0.3, 0.4) is 0 Å². The number of aryl methyl sites for hydroxylation is 2. The number of hydrogen-bond donors (Lipinski definition) is 0. The minimum absolute atomic E-state index is 0.0603. The van der Waals surface area contributed by atoms with Crippen molar-refractivity contribution in [3.8, 4) is 11.1 Å². The summed E-state index contributed by atoms with van der Waals surface area (Å²) in [6, 6.07) is 9.83. The average Bonchev–Trinajstić information content (AvgIpc) is 2.88. The summed E-state index contributed by atoms with van der Waals surface area (Å²) in [6.07, 6.45) is 2.51. The summed E-state index contributed by atoms with van der Waals surface area (Å²) < 4.78 is 84.7. The third-order valence-corrected chi connectivity index (χ3v) is 6.56. The van der Waals surface area contributed by atoms with E-state index < -0.39 is 29.1 Å². The van der Waals surface area contributed by atoms with Crippen molar-refractivity contribution >= 4 is 6.08 Å². The standard InChI is InChI=1S/C29H27F5O2/c1-3-18-7-5-17(15-24(18)30)6-8-19-9-11-22(28(33)26(19)31)23-13-12-21(27(32)29(23)34)20-10-14-25(35-4-2)36-16-20/h3,5,7,9,11-13,15,20,25H,1,4,6,8,10,14,16H2,2H3. The van der Waals surface area contributed by atoms with Crippen molar-refractivity contribution < 1.29 is 31.4 Å². The second-order valence-corrected chi connectivity index (χ2v) is 8.78. The van der Waals surface area contributed by atoms with Crippen molar-refractivity contribution in [1.82, 2.24) is 0 Å². The molecule has 3 aromatic carbocycles. The lowest BCUT2D eigenvalue weighted by molar-refractivity contribution is -0.164. The highest BCUT2D eigenvalue weighted by Gasteiger charge is 2.28. The van der Waals surface area contributed by atoms with Gasteiger partial charge in [0.2, 0.25) is 0 Å². The fourth-order valence-electron chi connectivity index (χ4n) is 4.54. The van der Waals surface area contributed by atoms with E-state index in [2.05, 4.69) is 6.58 Å². The second-order valence-electron chi connectivity index (χ2n) is 8.78. The fraction of sp³-hybridized carbons (Fsp3) is 0.310. The number of halogens is 5. The van der Waals surface area contributed by atoms with Crippen LogP contribution in [0.25, 0.3) is 17.2 Å². The SMILES string of the molecule is C=Cc1ccc(CCc2ccc(-c3ccc(C4CCC(OCC)OC4)c(F)c3F)c(F)c2F)cc1F. The Labute approximate surface area is 207 Å². The largest absolute Gasteiger partial charge is 0.353 e. The molecule has 0 aromatic heterocycles. The van der Waals surface area contributed by atoms with Crippen LogP contribution in [0.1, 0.15) is 47.9 Å². The molecular weight excluding hydrogens is 475 g/mol. The molecule has 1 heterocycles. The van der Waals surface area contributed by atoms with Crippen LogP contribution < -0.4 is 0 Å². The van der Waals surface area contributed by atoms with Crippen molar-refractivity contribution in [3.05, 3.63) is 100 Å². The highest BCUT2D eigenvalue weighted by molar-refractivity contribution is 5.66. The van der Waals surface area contributed by atoms with Gasteiger partial charge in [-0.05, 0) is 55.4 Å². The first-order chi connectivity index (χ1) is 17.3. The van der Waals surface area contributed by atoms with Gasteiger partial charge in [0.05, 0.1) is 6.61 Å². The summed E-state index contributed by atoms with van der Waals surface area (Å²) in [7, 11) is 0. The first-order valence-corrected chi connectivity index (χ1v) is 11.9. The van der Waals surface area contributed by atoms with Gasteiger partial charge in [0.15, 0.2) is 29.6 Å². The zero-order valence-corrected chi connectivity index (χ0v) is 19.9. The Kier molecular flexibility index (Phi) is 8.21. The topological polar surface area (TPSA) is 18.5 Å². The predicted octanol–water partition coefficient (Wildman–Crippen LogP) is 7.73. The van der Waals surface area contributed by atoms with Crippen LogP contribution >= 0.6 is 0 Å². The smallest absolute Gasteiger partial charge is 0.167 e. The number of ether oxygens (including phenoxy) is 2. The molecule has 36 heavy (non-hydrogen) atoms. The van der Waals surface area contributed by atoms with E-state index >= 15 is 4.39 Å². The van der Waals surface area contributed by atoms with Gasteiger partial charge in [-0.1, -0.05) is 49.1 Å². The molecule has 3 aromatic rings. The Morgan fingerprint density at radius 3 is 2.25 bits per heavy atom. The molecular formula is C29H27F5O2. The van der Waals surface area contributed by atoms with Gasteiger partial charge in [-0.25, -0.2) is 22.0 Å². The molecule has 1 fully saturated rings. The lowest BCUT2D eigenvalue weighted by Gasteiger charge is -2.29. The molecule has 4 rings (SSSR count). The van der Waals surface area contributed by atoms with Gasteiger partial charge in [0, 0.05) is 29.2 Å². The molecule has 7 heteroatoms. The van der Waals surface area contributed by atoms with Gasteiger partial charge in [-0.15, -0.1) is 0 Å². The second kappa shape index (κ2) is 11.4. The first-order valence-electron chi connectivity index (χ1n) is 11.9. The van der Waals surface area contributed by atoms with E-state index in [0.717, 1.165) is 0 Å². The van der Waals surface area contributed by atoms with Crippen LogP contribution in [0.15, 0.2) is 49.0 Å². The molecule has 190 valence electrons. The van der Waals surface area contributed by atoms with Crippen LogP contribution in [0.4, 0.5) is 22.0 Å². The summed E-state index contributed by atoms with van der Waals surface area (Å²) in [5.74, 6) is -5.53. The molecule has 1 saturated heterocycles. The van der Waals surface area contributed by atoms with Gasteiger partial charge < -0.3 is 9.47 Å². The lowest BCUT2D eigenvalue weighted by Crippen LogP contribution is -2.27. The zero-order valence-electron chi connectivity index (χ0n) is 19.9. The molecule has 0 spiro atoms. The van der Waals surface area contributed by atoms with Gasteiger partial charge >= 0.3 is 0 Å². The summed E-state index contributed by atoms with van der Waals surface area (Å²) in [5.41, 5.74) is 0.446. The number of benzene rings is 3. The summed E-state index contributed by atoms with van der Waals surface area (Å²) in [5, 5.41) is 0. The molecule has 2 nitrogen and oxygen atoms in total. The Hall–Kier alpha value is -3.03. The van der Waals surface area contributed by atoms with Crippen LogP contribution in [0.5, 0.6) is 0 Å². The number of rotatable bonds is 8. The molecule has 0 amide bonds. The Morgan fingerprint density at radius 2 is 1.61 bits per heavy atom. The Bertz CT molecular complexity index is 1250. The van der Waals surface area contributed by atoms with Crippen LogP contribution in [-0.4, -0.2) is 19.5 Å². The van der Waals surface area contributed by atoms with Gasteiger partial charge in [-0.3, -0.25) is 0 Å². The normalized spacial score (nSPS) is 17.8. The fourth-order valence-corrected chi connectivity index (χ4v) is 4.54. The number of hydrogen-bond acceptors (Lipinski definition) is 2. The molecule has 1 aliphatic heterocycles. The van der Waals surface area contributed by atoms with E-state index in [1.165, 1.54) is 36.4 Å². The zero-order chi connectivity index (χ0) is 25.8. The third-order valence-electron chi connectivity index (χ3n) is 6.56. The molecule has 0 N–H and O–H groups in total. The van der Waals surface area contributed by atoms with E-state index in [0.29, 0.717) is 30.6 Å². The first kappa shape index (κ1) is 26.0. The molecule has 0 aliphatic carbocycles. The average molecular weight is 503 g/mol. The Balaban J connectivity index is 1.52.